The number of esters is 1. The van der Waals surface area contributed by atoms with Crippen LogP contribution in [0.5, 0.6) is 11.5 Å². The van der Waals surface area contributed by atoms with Crippen molar-refractivity contribution in [2.75, 3.05) is 25.2 Å². The van der Waals surface area contributed by atoms with Gasteiger partial charge in [-0.2, -0.15) is 0 Å². The lowest BCUT2D eigenvalue weighted by Crippen LogP contribution is -2.29. The maximum Gasteiger partial charge on any atom is 0.350 e. The van der Waals surface area contributed by atoms with Gasteiger partial charge in [-0.25, -0.2) is 9.78 Å². The molecule has 1 aliphatic rings. The summed E-state index contributed by atoms with van der Waals surface area (Å²) in [6, 6.07) is 12.6. The van der Waals surface area contributed by atoms with Crippen molar-refractivity contribution < 1.29 is 33.7 Å². The zero-order chi connectivity index (χ0) is 28.1. The lowest BCUT2D eigenvalue weighted by Gasteiger charge is -2.23. The van der Waals surface area contributed by atoms with Crippen molar-refractivity contribution >= 4 is 39.9 Å². The van der Waals surface area contributed by atoms with Crippen LogP contribution in [0.2, 0.25) is 0 Å². The van der Waals surface area contributed by atoms with E-state index in [-0.39, 0.29) is 21.3 Å². The van der Waals surface area contributed by atoms with E-state index in [0.717, 1.165) is 24.2 Å². The average molecular weight is 551 g/mol. The third kappa shape index (κ3) is 5.65. The molecule has 1 amide bonds. The molecule has 3 aromatic rings. The molecule has 1 aromatic heterocycles. The normalized spacial score (nSPS) is 16.4. The summed E-state index contributed by atoms with van der Waals surface area (Å²) in [7, 11) is 1.26. The Morgan fingerprint density at radius 2 is 1.67 bits per heavy atom. The van der Waals surface area contributed by atoms with Crippen LogP contribution in [0.1, 0.15) is 59.2 Å². The number of aromatic nitrogens is 1. The molecule has 1 N–H and O–H groups in total. The molecule has 39 heavy (non-hydrogen) atoms. The minimum Gasteiger partial charge on any atom is -0.507 e. The molecule has 1 atom stereocenters. The van der Waals surface area contributed by atoms with E-state index in [1.807, 2.05) is 6.92 Å². The Bertz CT molecular complexity index is 1390. The Hall–Kier alpha value is -4.18. The Morgan fingerprint density at radius 1 is 1.03 bits per heavy atom. The van der Waals surface area contributed by atoms with Crippen LogP contribution in [-0.4, -0.2) is 48.1 Å². The first kappa shape index (κ1) is 27.8. The highest BCUT2D eigenvalue weighted by Crippen LogP contribution is 2.44. The third-order valence-electron chi connectivity index (χ3n) is 6.21. The molecule has 4 rings (SSSR count). The first-order chi connectivity index (χ1) is 18.8. The second-order valence-corrected chi connectivity index (χ2v) is 9.78. The van der Waals surface area contributed by atoms with Gasteiger partial charge >= 0.3 is 11.9 Å². The summed E-state index contributed by atoms with van der Waals surface area (Å²) in [5, 5.41) is 11.5. The van der Waals surface area contributed by atoms with Crippen LogP contribution in [-0.2, 0) is 14.3 Å². The number of methoxy groups -OCH3 is 1. The molecule has 1 saturated heterocycles. The maximum absolute atomic E-state index is 13.4. The van der Waals surface area contributed by atoms with Crippen LogP contribution < -0.4 is 14.4 Å². The number of aryl methyl sites for hydroxylation is 1. The highest BCUT2D eigenvalue weighted by molar-refractivity contribution is 7.17. The topological polar surface area (TPSA) is 115 Å². The molecule has 2 aromatic carbocycles. The number of Topliss-reactive ketones (excluding diaryl/α,β-unsaturated/α-hetero) is 1. The largest absolute Gasteiger partial charge is 0.507 e. The summed E-state index contributed by atoms with van der Waals surface area (Å²) >= 11 is 0.948. The fourth-order valence-electron chi connectivity index (χ4n) is 4.22. The van der Waals surface area contributed by atoms with Gasteiger partial charge in [0.2, 0.25) is 0 Å². The van der Waals surface area contributed by atoms with Crippen molar-refractivity contribution in [2.24, 2.45) is 0 Å². The van der Waals surface area contributed by atoms with Crippen molar-refractivity contribution in [3.05, 3.63) is 75.8 Å². The Labute approximate surface area is 230 Å². The number of carbonyl (C=O) groups excluding carboxylic acids is 3. The van der Waals surface area contributed by atoms with Gasteiger partial charge < -0.3 is 19.3 Å². The number of hydrogen-bond acceptors (Lipinski definition) is 9. The number of anilines is 1. The van der Waals surface area contributed by atoms with Crippen LogP contribution in [0.3, 0.4) is 0 Å². The van der Waals surface area contributed by atoms with Gasteiger partial charge in [0.05, 0.1) is 37.6 Å². The number of unbranched alkanes of at least 4 members (excludes halogenated alkanes) is 1. The summed E-state index contributed by atoms with van der Waals surface area (Å²) in [5.74, 6) is -1.38. The molecule has 0 saturated carbocycles. The van der Waals surface area contributed by atoms with E-state index >= 15 is 0 Å². The van der Waals surface area contributed by atoms with Crippen LogP contribution >= 0.6 is 11.3 Å². The van der Waals surface area contributed by atoms with E-state index in [1.165, 1.54) is 12.0 Å². The van der Waals surface area contributed by atoms with Gasteiger partial charge in [0.1, 0.15) is 22.1 Å². The summed E-state index contributed by atoms with van der Waals surface area (Å²) in [5.41, 5.74) is 1.20. The molecular formula is C29H30N2O7S. The molecule has 2 heterocycles. The monoisotopic (exact) mass is 550 g/mol. The van der Waals surface area contributed by atoms with Gasteiger partial charge in [-0.05, 0) is 62.2 Å². The summed E-state index contributed by atoms with van der Waals surface area (Å²) < 4.78 is 16.1. The number of carbonyl (C=O) groups is 3. The number of rotatable bonds is 10. The molecule has 0 spiro atoms. The highest BCUT2D eigenvalue weighted by Gasteiger charge is 2.48. The fraction of sp³-hybridized carbons (Fsp3) is 0.310. The lowest BCUT2D eigenvalue weighted by molar-refractivity contribution is -0.132. The third-order valence-corrected chi connectivity index (χ3v) is 7.34. The minimum absolute atomic E-state index is 0.0868. The number of hydrogen-bond donors (Lipinski definition) is 1. The van der Waals surface area contributed by atoms with Crippen molar-refractivity contribution in [3.8, 4) is 11.5 Å². The number of ether oxygens (including phenoxy) is 3. The van der Waals surface area contributed by atoms with Gasteiger partial charge in [0.15, 0.2) is 5.13 Å². The van der Waals surface area contributed by atoms with Gasteiger partial charge in [0, 0.05) is 5.56 Å². The molecule has 204 valence electrons. The number of nitrogens with zero attached hydrogens (tertiary/aromatic N) is 2. The smallest absolute Gasteiger partial charge is 0.350 e. The fourth-order valence-corrected chi connectivity index (χ4v) is 5.24. The van der Waals surface area contributed by atoms with Gasteiger partial charge in [0.25, 0.3) is 5.78 Å². The zero-order valence-corrected chi connectivity index (χ0v) is 23.0. The zero-order valence-electron chi connectivity index (χ0n) is 22.2. The quantitative estimate of drug-likeness (QED) is 0.117. The van der Waals surface area contributed by atoms with Crippen molar-refractivity contribution in [3.63, 3.8) is 0 Å². The summed E-state index contributed by atoms with van der Waals surface area (Å²) in [4.78, 5) is 44.9. The SMILES string of the molecule is CCCCOc1ccc(/C(O)=C2/C(=O)C(=O)N(c3nc(C)c(C(=O)OC)s3)C2c2ccc(OCC)cc2)cc1. The predicted octanol–water partition coefficient (Wildman–Crippen LogP) is 5.44. The predicted molar refractivity (Wildman–Crippen MR) is 147 cm³/mol. The van der Waals surface area contributed by atoms with Crippen LogP contribution in [0, 0.1) is 6.92 Å². The molecule has 1 fully saturated rings. The average Bonchev–Trinajstić information content (AvgIpc) is 3.45. The molecule has 0 aliphatic carbocycles. The first-order valence-corrected chi connectivity index (χ1v) is 13.4. The Balaban J connectivity index is 1.81. The maximum atomic E-state index is 13.4. The van der Waals surface area contributed by atoms with Crippen molar-refractivity contribution in [1.82, 2.24) is 4.98 Å². The minimum atomic E-state index is -0.989. The molecule has 0 bridgehead atoms. The molecule has 0 radical (unpaired) electrons. The second-order valence-electron chi connectivity index (χ2n) is 8.80. The van der Waals surface area contributed by atoms with E-state index in [2.05, 4.69) is 11.9 Å². The first-order valence-electron chi connectivity index (χ1n) is 12.6. The number of thiazole rings is 1. The molecule has 1 aliphatic heterocycles. The van der Waals surface area contributed by atoms with Crippen molar-refractivity contribution in [2.45, 2.75) is 39.7 Å². The number of ketones is 1. The standard InChI is InChI=1S/C29H30N2O7S/c1-5-7-16-38-21-14-10-19(11-15-21)24(32)22-23(18-8-12-20(13-9-18)37-6-2)31(27(34)25(22)33)29-30-17(3)26(39-29)28(35)36-4/h8-15,23,32H,5-7,16H2,1-4H3/b24-22-. The number of aliphatic hydroxyl groups is 1. The van der Waals surface area contributed by atoms with E-state index < -0.39 is 23.7 Å². The molecule has 1 unspecified atom stereocenters. The number of aliphatic hydroxyl groups excluding tert-OH is 1. The number of benzene rings is 2. The number of amides is 1. The van der Waals surface area contributed by atoms with Crippen LogP contribution in [0.4, 0.5) is 5.13 Å². The molecule has 9 nitrogen and oxygen atoms in total. The summed E-state index contributed by atoms with van der Waals surface area (Å²) in [6.45, 7) is 6.62. The van der Waals surface area contributed by atoms with Gasteiger partial charge in [-0.3, -0.25) is 14.5 Å². The Kier molecular flexibility index (Phi) is 8.65. The van der Waals surface area contributed by atoms with Crippen LogP contribution in [0.15, 0.2) is 54.1 Å². The highest BCUT2D eigenvalue weighted by atomic mass is 32.1. The lowest BCUT2D eigenvalue weighted by atomic mass is 9.95. The van der Waals surface area contributed by atoms with E-state index in [4.69, 9.17) is 14.2 Å². The summed E-state index contributed by atoms with van der Waals surface area (Å²) in [6.07, 6.45) is 1.92. The van der Waals surface area contributed by atoms with Gasteiger partial charge in [-0.1, -0.05) is 36.8 Å². The van der Waals surface area contributed by atoms with E-state index in [0.29, 0.717) is 41.5 Å². The second kappa shape index (κ2) is 12.1. The van der Waals surface area contributed by atoms with Crippen molar-refractivity contribution in [1.29, 1.82) is 0 Å². The van der Waals surface area contributed by atoms with Crippen LogP contribution in [0.25, 0.3) is 5.76 Å². The van der Waals surface area contributed by atoms with E-state index in [1.54, 1.807) is 55.5 Å². The van der Waals surface area contributed by atoms with E-state index in [9.17, 15) is 19.5 Å². The Morgan fingerprint density at radius 3 is 2.28 bits per heavy atom. The molecule has 10 heteroatoms. The molecular weight excluding hydrogens is 520 g/mol. The van der Waals surface area contributed by atoms with Gasteiger partial charge in [-0.15, -0.1) is 0 Å².